The number of hydrogen-bond donors (Lipinski definition) is 0. The van der Waals surface area contributed by atoms with Gasteiger partial charge < -0.3 is 51.9 Å². The molecule has 14 heteroatoms. The number of hydrogen-bond acceptors (Lipinski definition) is 10. The van der Waals surface area contributed by atoms with Crippen LogP contribution in [-0.2, 0) is 57.7 Å². The summed E-state index contributed by atoms with van der Waals surface area (Å²) >= 11 is 0. The second kappa shape index (κ2) is 18.7. The van der Waals surface area contributed by atoms with Gasteiger partial charge in [-0.2, -0.15) is 0 Å². The Hall–Kier alpha value is -3.71. The Balaban J connectivity index is -0.00000337. The minimum absolute atomic E-state index is 0. The first-order valence-corrected chi connectivity index (χ1v) is 13.5. The van der Waals surface area contributed by atoms with Gasteiger partial charge in [-0.3, -0.25) is 9.98 Å². The molecule has 0 bridgehead atoms. The molecule has 12 nitrogen and oxygen atoms in total. The number of carbonyl (C=O) groups is 2. The van der Waals surface area contributed by atoms with Crippen molar-refractivity contribution in [1.82, 2.24) is 0 Å². The maximum atomic E-state index is 14.1. The van der Waals surface area contributed by atoms with E-state index in [2.05, 4.69) is 9.98 Å². The van der Waals surface area contributed by atoms with E-state index in [1.165, 1.54) is 12.4 Å². The largest absolute Gasteiger partial charge is 2.00 e. The van der Waals surface area contributed by atoms with Crippen molar-refractivity contribution in [3.63, 3.8) is 0 Å². The topological polar surface area (TPSA) is 268 Å². The summed E-state index contributed by atoms with van der Waals surface area (Å²) in [5, 5.41) is 54.2. The maximum Gasteiger partial charge on any atom is 0.0941 e. The first kappa shape index (κ1) is 48.7. The van der Waals surface area contributed by atoms with Gasteiger partial charge >= 0.3 is 0 Å². The van der Waals surface area contributed by atoms with Gasteiger partial charge in [-0.25, -0.2) is 0 Å². The number of fused-ring (bicyclic) bond motifs is 2. The van der Waals surface area contributed by atoms with Crippen LogP contribution in [-0.4, -0.2) is 47.4 Å². The van der Waals surface area contributed by atoms with E-state index in [0.717, 1.165) is 0 Å². The van der Waals surface area contributed by atoms with E-state index in [0.29, 0.717) is 21.5 Å². The predicted octanol–water partition coefficient (Wildman–Crippen LogP) is 2.38. The van der Waals surface area contributed by atoms with Crippen molar-refractivity contribution >= 4 is 45.9 Å². The van der Waals surface area contributed by atoms with E-state index in [9.17, 15) is 30.0 Å². The number of rotatable bonds is 7. The number of nitrogens with zero attached hydrogens (tertiary/aromatic N) is 2. The van der Waals surface area contributed by atoms with Gasteiger partial charge in [-0.1, -0.05) is 102 Å². The molecular formula is C34H34N2O10V2-10. The van der Waals surface area contributed by atoms with E-state index >= 15 is 0 Å². The average Bonchev–Trinajstić information content (AvgIpc) is 2.88. The van der Waals surface area contributed by atoms with Crippen LogP contribution in [0.5, 0.6) is 11.5 Å². The average molecular weight is 733 g/mol. The number of benzene rings is 4. The smallest absolute Gasteiger partial charge is 0.0941 e. The zero-order valence-corrected chi connectivity index (χ0v) is 29.8. The van der Waals surface area contributed by atoms with Crippen molar-refractivity contribution in [3.05, 3.63) is 71.8 Å². The summed E-state index contributed by atoms with van der Waals surface area (Å²) in [5.41, 5.74) is -1.02. The van der Waals surface area contributed by atoms with Crippen LogP contribution in [0.25, 0.3) is 32.7 Å². The monoisotopic (exact) mass is 732 g/mol. The summed E-state index contributed by atoms with van der Waals surface area (Å²) in [7, 11) is 0. The Morgan fingerprint density at radius 3 is 1.19 bits per heavy atom. The standard InChI is InChI=1S/C34H36N2O6.2H2O.2O.2V/c1-33(2,3)29(31(39)40)35-17-21-15-19-11-7-9-13-23(19)25(27(21)37)26-24-14-10-8-12-20(24)16-22(28(26)38)18-36-30(32(41)42)34(4,5)6;;;;;;/h7-18,29-30,37-38H,1-6H3,(H,39,40)(H,41,42);2*1H2;;;;/q;;;2*-2;;/p-6/t29-,30-;;;;;;/m1....../s1. The number of carboxylic acid groups (broad SMARTS) is 2. The van der Waals surface area contributed by atoms with Crippen LogP contribution in [0.4, 0.5) is 0 Å². The van der Waals surface area contributed by atoms with Gasteiger partial charge in [0.1, 0.15) is 0 Å². The second-order valence-electron chi connectivity index (χ2n) is 12.5. The van der Waals surface area contributed by atoms with Gasteiger partial charge in [0.05, 0.1) is 24.0 Å². The first-order valence-electron chi connectivity index (χ1n) is 13.5. The Kier molecular flexibility index (Phi) is 19.0. The van der Waals surface area contributed by atoms with E-state index in [1.54, 1.807) is 102 Å². The van der Waals surface area contributed by atoms with E-state index in [4.69, 9.17) is 0 Å². The summed E-state index contributed by atoms with van der Waals surface area (Å²) in [4.78, 5) is 32.0. The van der Waals surface area contributed by atoms with Crippen molar-refractivity contribution < 1.29 is 89.0 Å². The molecule has 0 spiro atoms. The zero-order chi connectivity index (χ0) is 31.0. The van der Waals surface area contributed by atoms with E-state index in [-0.39, 0.29) is 81.3 Å². The number of carbonyl (C=O) groups excluding carboxylic acids is 2. The Bertz CT molecular complexity index is 1630. The summed E-state index contributed by atoms with van der Waals surface area (Å²) < 4.78 is 0. The van der Waals surface area contributed by atoms with Gasteiger partial charge in [-0.05, 0) is 66.8 Å². The first-order chi connectivity index (χ1) is 19.6. The molecule has 0 aliphatic rings. The molecular weight excluding hydrogens is 698 g/mol. The van der Waals surface area contributed by atoms with Crippen molar-refractivity contribution in [2.75, 3.05) is 0 Å². The Morgan fingerprint density at radius 2 is 0.917 bits per heavy atom. The SMILES string of the molecule is CC(C)(C)[C@H](N=Cc1cc2ccccc2c(-c2c([O-])c(C=N[C@H](C(=O)[O-])C(C)(C)C)cc3ccccc23)c1[O-])C(=O)[O-].[O-2].[O-2].[OH-].[OH-].[V].[V]. The molecule has 0 heterocycles. The van der Waals surface area contributed by atoms with Crippen molar-refractivity contribution in [2.45, 2.75) is 53.6 Å². The van der Waals surface area contributed by atoms with Crippen LogP contribution < -0.4 is 20.4 Å². The van der Waals surface area contributed by atoms with Gasteiger partial charge in [-0.15, -0.1) is 0 Å². The fourth-order valence-electron chi connectivity index (χ4n) is 4.97. The molecule has 48 heavy (non-hydrogen) atoms. The van der Waals surface area contributed by atoms with Gasteiger partial charge in [0.2, 0.25) is 0 Å². The minimum Gasteiger partial charge on any atom is -2.00 e. The van der Waals surface area contributed by atoms with Crippen molar-refractivity contribution in [3.8, 4) is 22.6 Å². The summed E-state index contributed by atoms with van der Waals surface area (Å²) in [6.07, 6.45) is 2.46. The molecule has 0 aromatic heterocycles. The van der Waals surface area contributed by atoms with Crippen molar-refractivity contribution in [2.24, 2.45) is 20.8 Å². The number of aliphatic carboxylic acids is 2. The number of carboxylic acids is 2. The molecule has 0 amide bonds. The summed E-state index contributed by atoms with van der Waals surface area (Å²) in [5.74, 6) is -3.72. The van der Waals surface area contributed by atoms with Crippen LogP contribution in [0, 0.1) is 10.8 Å². The third-order valence-electron chi connectivity index (χ3n) is 7.12. The van der Waals surface area contributed by atoms with Crippen molar-refractivity contribution in [1.29, 1.82) is 0 Å². The molecule has 0 fully saturated rings. The summed E-state index contributed by atoms with van der Waals surface area (Å²) in [6, 6.07) is 15.0. The van der Waals surface area contributed by atoms with E-state index < -0.39 is 46.4 Å². The van der Waals surface area contributed by atoms with Crippen LogP contribution in [0.3, 0.4) is 0 Å². The van der Waals surface area contributed by atoms with Crippen LogP contribution in [0.1, 0.15) is 52.7 Å². The molecule has 4 rings (SSSR count). The molecule has 0 aliphatic heterocycles. The van der Waals surface area contributed by atoms with Crippen LogP contribution in [0.2, 0.25) is 0 Å². The van der Waals surface area contributed by atoms with Gasteiger partial charge in [0, 0.05) is 49.5 Å². The van der Waals surface area contributed by atoms with E-state index in [1.807, 2.05) is 0 Å². The van der Waals surface area contributed by atoms with Crippen LogP contribution in [0.15, 0.2) is 70.6 Å². The Morgan fingerprint density at radius 1 is 0.625 bits per heavy atom. The maximum absolute atomic E-state index is 14.1. The third-order valence-corrected chi connectivity index (χ3v) is 7.12. The molecule has 0 aliphatic carbocycles. The number of aliphatic imine (C=N–C) groups is 2. The molecule has 0 saturated carbocycles. The molecule has 2 N–H and O–H groups in total. The normalized spacial score (nSPS) is 12.4. The zero-order valence-electron chi connectivity index (χ0n) is 27.0. The third kappa shape index (κ3) is 10.1. The quantitative estimate of drug-likeness (QED) is 0.254. The molecule has 2 radical (unpaired) electrons. The fourth-order valence-corrected chi connectivity index (χ4v) is 4.97. The van der Waals surface area contributed by atoms with Crippen LogP contribution >= 0.6 is 0 Å². The van der Waals surface area contributed by atoms with Gasteiger partial charge in [0.15, 0.2) is 0 Å². The second-order valence-corrected chi connectivity index (χ2v) is 12.5. The van der Waals surface area contributed by atoms with Gasteiger partial charge in [0.25, 0.3) is 0 Å². The predicted molar refractivity (Wildman–Crippen MR) is 163 cm³/mol. The summed E-state index contributed by atoms with van der Waals surface area (Å²) in [6.45, 7) is 10.3. The minimum atomic E-state index is -1.36. The molecule has 4 aromatic carbocycles. The molecule has 0 saturated heterocycles. The molecule has 0 unspecified atom stereocenters. The molecule has 2 atom stereocenters. The Labute approximate surface area is 302 Å². The molecule has 260 valence electrons. The fraction of sp³-hybridized carbons (Fsp3) is 0.294. The molecule has 4 aromatic rings.